The third kappa shape index (κ3) is 3.85. The van der Waals surface area contributed by atoms with Crippen molar-refractivity contribution in [1.82, 2.24) is 14.8 Å². The molecule has 0 spiro atoms. The molecule has 1 saturated heterocycles. The quantitative estimate of drug-likeness (QED) is 0.505. The van der Waals surface area contributed by atoms with Crippen LogP contribution >= 0.6 is 0 Å². The number of rotatable bonds is 4. The highest BCUT2D eigenvalue weighted by Crippen LogP contribution is 2.38. The second-order valence-corrected chi connectivity index (χ2v) is 8.63. The first-order valence-corrected chi connectivity index (χ1v) is 11.0. The third-order valence-corrected chi connectivity index (χ3v) is 6.41. The number of H-pyrrole nitrogens is 1. The lowest BCUT2D eigenvalue weighted by Gasteiger charge is -2.32. The van der Waals surface area contributed by atoms with Gasteiger partial charge in [0.05, 0.1) is 11.9 Å². The number of nitrogens with zero attached hydrogens (tertiary/aromatic N) is 2. The average Bonchev–Trinajstić information content (AvgIpc) is 3.19. The van der Waals surface area contributed by atoms with Crippen molar-refractivity contribution in [2.75, 3.05) is 33.2 Å². The fourth-order valence-electron chi connectivity index (χ4n) is 4.63. The maximum absolute atomic E-state index is 14.7. The van der Waals surface area contributed by atoms with E-state index in [1.807, 2.05) is 29.2 Å². The van der Waals surface area contributed by atoms with Crippen molar-refractivity contribution >= 4 is 33.6 Å². The molecule has 0 unspecified atom stereocenters. The standard InChI is InChI=1S/C26H25FN4O2/c1-30-10-12-31(13-11-30)26(33)17-7-9-20-22(14-17)29-25-16(15-23(28)32)6-8-19(24(20)25)18-4-2-3-5-21(18)27/h2-9,14,29H,10-13,15H2,1H3,(H2,28,32). The van der Waals surface area contributed by atoms with Gasteiger partial charge in [-0.2, -0.15) is 0 Å². The molecule has 2 amide bonds. The molecule has 0 aliphatic carbocycles. The number of piperazine rings is 1. The molecule has 3 N–H and O–H groups in total. The van der Waals surface area contributed by atoms with E-state index in [2.05, 4.69) is 16.9 Å². The number of primary amides is 1. The van der Waals surface area contributed by atoms with Crippen molar-refractivity contribution in [2.24, 2.45) is 5.73 Å². The van der Waals surface area contributed by atoms with Crippen LogP contribution < -0.4 is 5.73 Å². The molecule has 0 bridgehead atoms. The molecule has 3 aromatic carbocycles. The molecule has 0 radical (unpaired) electrons. The lowest BCUT2D eigenvalue weighted by atomic mass is 9.95. The molecule has 7 heteroatoms. The molecular weight excluding hydrogens is 419 g/mol. The Bertz CT molecular complexity index is 1390. The highest BCUT2D eigenvalue weighted by molar-refractivity contribution is 6.16. The number of amides is 2. The summed E-state index contributed by atoms with van der Waals surface area (Å²) in [7, 11) is 2.05. The predicted molar refractivity (Wildman–Crippen MR) is 127 cm³/mol. The van der Waals surface area contributed by atoms with Gasteiger partial charge in [-0.15, -0.1) is 0 Å². The van der Waals surface area contributed by atoms with Crippen LogP contribution in [0.15, 0.2) is 54.6 Å². The summed E-state index contributed by atoms with van der Waals surface area (Å²) >= 11 is 0. The highest BCUT2D eigenvalue weighted by atomic mass is 19.1. The highest BCUT2D eigenvalue weighted by Gasteiger charge is 2.22. The van der Waals surface area contributed by atoms with Crippen LogP contribution in [-0.2, 0) is 11.2 Å². The van der Waals surface area contributed by atoms with Crippen molar-refractivity contribution in [1.29, 1.82) is 0 Å². The van der Waals surface area contributed by atoms with Crippen LogP contribution in [0.25, 0.3) is 32.9 Å². The van der Waals surface area contributed by atoms with Crippen LogP contribution in [0, 0.1) is 5.82 Å². The molecule has 0 saturated carbocycles. The minimum atomic E-state index is -0.445. The number of likely N-dealkylation sites (N-methyl/N-ethyl adjacent to an activating group) is 1. The number of hydrogen-bond donors (Lipinski definition) is 2. The van der Waals surface area contributed by atoms with Gasteiger partial charge >= 0.3 is 0 Å². The largest absolute Gasteiger partial charge is 0.369 e. The van der Waals surface area contributed by atoms with Crippen LogP contribution in [0.3, 0.4) is 0 Å². The van der Waals surface area contributed by atoms with E-state index in [1.165, 1.54) is 6.07 Å². The number of fused-ring (bicyclic) bond motifs is 3. The van der Waals surface area contributed by atoms with E-state index >= 15 is 0 Å². The fourth-order valence-corrected chi connectivity index (χ4v) is 4.63. The summed E-state index contributed by atoms with van der Waals surface area (Å²) < 4.78 is 14.7. The molecule has 168 valence electrons. The second kappa shape index (κ2) is 8.33. The smallest absolute Gasteiger partial charge is 0.254 e. The first-order valence-electron chi connectivity index (χ1n) is 11.0. The lowest BCUT2D eigenvalue weighted by molar-refractivity contribution is -0.117. The number of carbonyl (C=O) groups is 2. The van der Waals surface area contributed by atoms with Crippen LogP contribution in [0.1, 0.15) is 15.9 Å². The van der Waals surface area contributed by atoms with Gasteiger partial charge in [-0.05, 0) is 36.4 Å². The van der Waals surface area contributed by atoms with Crippen molar-refractivity contribution in [2.45, 2.75) is 6.42 Å². The van der Waals surface area contributed by atoms with E-state index in [-0.39, 0.29) is 18.1 Å². The second-order valence-electron chi connectivity index (χ2n) is 8.63. The van der Waals surface area contributed by atoms with E-state index in [0.29, 0.717) is 24.2 Å². The summed E-state index contributed by atoms with van der Waals surface area (Å²) in [5.74, 6) is -0.771. The molecule has 2 heterocycles. The lowest BCUT2D eigenvalue weighted by Crippen LogP contribution is -2.47. The van der Waals surface area contributed by atoms with E-state index in [9.17, 15) is 14.0 Å². The van der Waals surface area contributed by atoms with Gasteiger partial charge in [-0.1, -0.05) is 36.4 Å². The van der Waals surface area contributed by atoms with Gasteiger partial charge in [0.2, 0.25) is 5.91 Å². The van der Waals surface area contributed by atoms with Gasteiger partial charge in [-0.3, -0.25) is 9.59 Å². The van der Waals surface area contributed by atoms with Gasteiger partial charge < -0.3 is 20.5 Å². The number of carbonyl (C=O) groups excluding carboxylic acids is 2. The Morgan fingerprint density at radius 3 is 2.48 bits per heavy atom. The number of benzene rings is 3. The number of nitrogens with two attached hydrogens (primary N) is 1. The zero-order valence-electron chi connectivity index (χ0n) is 18.4. The molecule has 1 fully saturated rings. The number of nitrogens with one attached hydrogen (secondary N) is 1. The monoisotopic (exact) mass is 444 g/mol. The number of hydrogen-bond acceptors (Lipinski definition) is 3. The Balaban J connectivity index is 1.67. The molecule has 33 heavy (non-hydrogen) atoms. The average molecular weight is 445 g/mol. The fraction of sp³-hybridized carbons (Fsp3) is 0.231. The third-order valence-electron chi connectivity index (χ3n) is 6.41. The summed E-state index contributed by atoms with van der Waals surface area (Å²) in [5, 5.41) is 1.68. The Labute approximate surface area is 190 Å². The number of aromatic nitrogens is 1. The van der Waals surface area contributed by atoms with Crippen LogP contribution in [-0.4, -0.2) is 59.8 Å². The summed E-state index contributed by atoms with van der Waals surface area (Å²) in [6.45, 7) is 3.09. The number of aromatic amines is 1. The van der Waals surface area contributed by atoms with Gasteiger partial charge in [-0.25, -0.2) is 4.39 Å². The van der Waals surface area contributed by atoms with E-state index in [0.717, 1.165) is 46.0 Å². The summed E-state index contributed by atoms with van der Waals surface area (Å²) in [6, 6.07) is 15.8. The summed E-state index contributed by atoms with van der Waals surface area (Å²) in [5.41, 5.74) is 9.50. The predicted octanol–water partition coefficient (Wildman–Crippen LogP) is 3.54. The van der Waals surface area contributed by atoms with Gasteiger partial charge in [0.15, 0.2) is 0 Å². The summed E-state index contributed by atoms with van der Waals surface area (Å²) in [4.78, 5) is 32.2. The minimum absolute atomic E-state index is 0.00431. The van der Waals surface area contributed by atoms with Crippen molar-refractivity contribution in [3.05, 3.63) is 71.5 Å². The van der Waals surface area contributed by atoms with E-state index in [4.69, 9.17) is 5.73 Å². The van der Waals surface area contributed by atoms with Crippen LogP contribution in [0.2, 0.25) is 0 Å². The summed E-state index contributed by atoms with van der Waals surface area (Å²) in [6.07, 6.45) is 0.0634. The maximum Gasteiger partial charge on any atom is 0.254 e. The van der Waals surface area contributed by atoms with E-state index in [1.54, 1.807) is 24.3 Å². The topological polar surface area (TPSA) is 82.4 Å². The van der Waals surface area contributed by atoms with Gasteiger partial charge in [0.1, 0.15) is 5.82 Å². The first-order chi connectivity index (χ1) is 15.9. The number of halogens is 1. The van der Waals surface area contributed by atoms with Gasteiger partial charge in [0.25, 0.3) is 5.91 Å². The van der Waals surface area contributed by atoms with Crippen molar-refractivity contribution < 1.29 is 14.0 Å². The van der Waals surface area contributed by atoms with Crippen LogP contribution in [0.5, 0.6) is 0 Å². The van der Waals surface area contributed by atoms with Crippen molar-refractivity contribution in [3.8, 4) is 11.1 Å². The Morgan fingerprint density at radius 1 is 1.00 bits per heavy atom. The maximum atomic E-state index is 14.7. The molecule has 4 aromatic rings. The van der Waals surface area contributed by atoms with Crippen molar-refractivity contribution in [3.63, 3.8) is 0 Å². The molecule has 1 aliphatic heterocycles. The molecular formula is C26H25FN4O2. The SMILES string of the molecule is CN1CCN(C(=O)c2ccc3c(c2)[nH]c2c(CC(N)=O)ccc(-c4ccccc4F)c23)CC1. The van der Waals surface area contributed by atoms with Crippen LogP contribution in [0.4, 0.5) is 4.39 Å². The van der Waals surface area contributed by atoms with Gasteiger partial charge in [0, 0.05) is 53.6 Å². The van der Waals surface area contributed by atoms with E-state index < -0.39 is 5.91 Å². The normalized spacial score (nSPS) is 14.8. The molecule has 1 aromatic heterocycles. The Kier molecular flexibility index (Phi) is 5.34. The Morgan fingerprint density at radius 2 is 1.76 bits per heavy atom. The molecule has 6 nitrogen and oxygen atoms in total. The minimum Gasteiger partial charge on any atom is -0.369 e. The zero-order chi connectivity index (χ0) is 23.1. The zero-order valence-corrected chi connectivity index (χ0v) is 18.4. The molecule has 5 rings (SSSR count). The molecule has 1 aliphatic rings. The Hall–Kier alpha value is -3.71. The first kappa shape index (κ1) is 21.2. The molecule has 0 atom stereocenters.